The normalized spacial score (nSPS) is 16.9. The minimum Gasteiger partial charge on any atom is -0.496 e. The van der Waals surface area contributed by atoms with Crippen LogP contribution in [0.3, 0.4) is 0 Å². The van der Waals surface area contributed by atoms with Crippen molar-refractivity contribution in [1.29, 1.82) is 0 Å². The molecule has 6 nitrogen and oxygen atoms in total. The maximum atomic E-state index is 12.5. The number of oxime groups is 1. The molecule has 0 atom stereocenters. The van der Waals surface area contributed by atoms with Crippen LogP contribution in [0.25, 0.3) is 0 Å². The van der Waals surface area contributed by atoms with Crippen molar-refractivity contribution in [2.75, 3.05) is 20.2 Å². The lowest BCUT2D eigenvalue weighted by Gasteiger charge is -2.31. The number of piperidine rings is 1. The number of carbonyl (C=O) groups is 1. The fourth-order valence-electron chi connectivity index (χ4n) is 2.44. The van der Waals surface area contributed by atoms with Crippen LogP contribution in [0.15, 0.2) is 27.8 Å². The highest BCUT2D eigenvalue weighted by Crippen LogP contribution is 2.27. The predicted octanol–water partition coefficient (Wildman–Crippen LogP) is 2.06. The Morgan fingerprint density at radius 1 is 1.48 bits per heavy atom. The first-order chi connectivity index (χ1) is 10.1. The van der Waals surface area contributed by atoms with E-state index in [1.54, 1.807) is 30.2 Å². The van der Waals surface area contributed by atoms with Crippen LogP contribution in [0.5, 0.6) is 5.75 Å². The van der Waals surface area contributed by atoms with E-state index in [1.807, 2.05) is 0 Å². The molecule has 3 N–H and O–H groups in total. The van der Waals surface area contributed by atoms with Crippen LogP contribution < -0.4 is 10.5 Å². The molecule has 114 valence electrons. The number of nitrogens with zero attached hydrogens (tertiary/aromatic N) is 2. The number of ether oxygens (including phenoxy) is 1. The minimum absolute atomic E-state index is 0.0173. The zero-order chi connectivity index (χ0) is 15.4. The van der Waals surface area contributed by atoms with Crippen molar-refractivity contribution in [2.24, 2.45) is 16.8 Å². The Hall–Kier alpha value is -1.76. The molecule has 0 aromatic heterocycles. The van der Waals surface area contributed by atoms with Gasteiger partial charge in [-0.2, -0.15) is 0 Å². The van der Waals surface area contributed by atoms with E-state index in [9.17, 15) is 4.79 Å². The second-order valence-corrected chi connectivity index (χ2v) is 5.80. The zero-order valence-corrected chi connectivity index (χ0v) is 13.3. The SMILES string of the molecule is COc1ccc(C(=O)N2CCC(C(N)=NO)CC2)cc1Br. The number of nitrogens with two attached hydrogens (primary N) is 1. The molecular weight excluding hydrogens is 338 g/mol. The lowest BCUT2D eigenvalue weighted by Crippen LogP contribution is -2.41. The van der Waals surface area contributed by atoms with Crippen molar-refractivity contribution >= 4 is 27.7 Å². The highest BCUT2D eigenvalue weighted by atomic mass is 79.9. The third-order valence-corrected chi connectivity index (χ3v) is 4.33. The smallest absolute Gasteiger partial charge is 0.253 e. The molecule has 0 unspecified atom stereocenters. The van der Waals surface area contributed by atoms with Crippen LogP contribution in [0.1, 0.15) is 23.2 Å². The van der Waals surface area contributed by atoms with Gasteiger partial charge in [0.25, 0.3) is 5.91 Å². The molecular formula is C14H18BrN3O3. The fourth-order valence-corrected chi connectivity index (χ4v) is 2.98. The van der Waals surface area contributed by atoms with Crippen molar-refractivity contribution in [3.63, 3.8) is 0 Å². The molecule has 2 rings (SSSR count). The number of hydrogen-bond donors (Lipinski definition) is 2. The fraction of sp³-hybridized carbons (Fsp3) is 0.429. The number of methoxy groups -OCH3 is 1. The number of likely N-dealkylation sites (tertiary alicyclic amines) is 1. The molecule has 0 spiro atoms. The van der Waals surface area contributed by atoms with E-state index in [0.29, 0.717) is 37.2 Å². The Morgan fingerprint density at radius 3 is 2.67 bits per heavy atom. The second kappa shape index (κ2) is 6.80. The van der Waals surface area contributed by atoms with E-state index in [4.69, 9.17) is 15.7 Å². The largest absolute Gasteiger partial charge is 0.496 e. The number of amides is 1. The van der Waals surface area contributed by atoms with Crippen LogP contribution in [0.4, 0.5) is 0 Å². The van der Waals surface area contributed by atoms with Crippen molar-refractivity contribution < 1.29 is 14.7 Å². The summed E-state index contributed by atoms with van der Waals surface area (Å²) in [5.41, 5.74) is 6.22. The van der Waals surface area contributed by atoms with Gasteiger partial charge in [-0.15, -0.1) is 0 Å². The van der Waals surface area contributed by atoms with Gasteiger partial charge >= 0.3 is 0 Å². The molecule has 1 aromatic carbocycles. The molecule has 1 saturated heterocycles. The Labute approximate surface area is 131 Å². The Morgan fingerprint density at radius 2 is 2.14 bits per heavy atom. The summed E-state index contributed by atoms with van der Waals surface area (Å²) in [6.07, 6.45) is 1.41. The van der Waals surface area contributed by atoms with E-state index < -0.39 is 0 Å². The van der Waals surface area contributed by atoms with Gasteiger partial charge in [0.15, 0.2) is 0 Å². The van der Waals surface area contributed by atoms with Crippen LogP contribution in [0, 0.1) is 5.92 Å². The predicted molar refractivity (Wildman–Crippen MR) is 82.7 cm³/mol. The van der Waals surface area contributed by atoms with Crippen LogP contribution in [-0.2, 0) is 0 Å². The first-order valence-corrected chi connectivity index (χ1v) is 7.46. The summed E-state index contributed by atoms with van der Waals surface area (Å²) in [7, 11) is 1.58. The Kier molecular flexibility index (Phi) is 5.06. The standard InChI is InChI=1S/C14H18BrN3O3/c1-21-12-3-2-10(8-11(12)15)14(19)18-6-4-9(5-7-18)13(16)17-20/h2-3,8-9,20H,4-7H2,1H3,(H2,16,17). The van der Waals surface area contributed by atoms with Crippen LogP contribution in [-0.4, -0.2) is 42.0 Å². The summed E-state index contributed by atoms with van der Waals surface area (Å²) in [4.78, 5) is 14.2. The van der Waals surface area contributed by atoms with Gasteiger partial charge in [-0.1, -0.05) is 5.16 Å². The monoisotopic (exact) mass is 355 g/mol. The van der Waals surface area contributed by atoms with Crippen molar-refractivity contribution in [1.82, 2.24) is 4.90 Å². The van der Waals surface area contributed by atoms with Gasteiger partial charge in [0.05, 0.1) is 11.6 Å². The molecule has 0 bridgehead atoms. The topological polar surface area (TPSA) is 88.2 Å². The molecule has 1 fully saturated rings. The molecule has 7 heteroatoms. The molecule has 1 aliphatic heterocycles. The molecule has 1 aromatic rings. The van der Waals surface area contributed by atoms with Gasteiger partial charge < -0.3 is 20.6 Å². The number of benzene rings is 1. The van der Waals surface area contributed by atoms with Crippen molar-refractivity contribution in [3.8, 4) is 5.75 Å². The lowest BCUT2D eigenvalue weighted by molar-refractivity contribution is 0.0709. The van der Waals surface area contributed by atoms with Gasteiger partial charge in [-0.05, 0) is 47.0 Å². The van der Waals surface area contributed by atoms with E-state index in [1.165, 1.54) is 0 Å². The van der Waals surface area contributed by atoms with E-state index in [2.05, 4.69) is 21.1 Å². The van der Waals surface area contributed by atoms with Gasteiger partial charge in [-0.25, -0.2) is 0 Å². The summed E-state index contributed by atoms with van der Waals surface area (Å²) in [6, 6.07) is 5.28. The number of halogens is 1. The summed E-state index contributed by atoms with van der Waals surface area (Å²) < 4.78 is 5.91. The van der Waals surface area contributed by atoms with Crippen LogP contribution >= 0.6 is 15.9 Å². The first kappa shape index (κ1) is 15.6. The number of carbonyl (C=O) groups excluding carboxylic acids is 1. The molecule has 1 aliphatic rings. The first-order valence-electron chi connectivity index (χ1n) is 6.67. The summed E-state index contributed by atoms with van der Waals surface area (Å²) in [5, 5.41) is 11.7. The van der Waals surface area contributed by atoms with E-state index >= 15 is 0 Å². The summed E-state index contributed by atoms with van der Waals surface area (Å²) in [6.45, 7) is 1.20. The average molecular weight is 356 g/mol. The minimum atomic E-state index is -0.0173. The van der Waals surface area contributed by atoms with Gasteiger partial charge in [-0.3, -0.25) is 4.79 Å². The highest BCUT2D eigenvalue weighted by Gasteiger charge is 2.26. The number of amidine groups is 1. The second-order valence-electron chi connectivity index (χ2n) is 4.94. The average Bonchev–Trinajstić information content (AvgIpc) is 2.53. The number of rotatable bonds is 3. The Balaban J connectivity index is 2.03. The number of hydrogen-bond acceptors (Lipinski definition) is 4. The highest BCUT2D eigenvalue weighted by molar-refractivity contribution is 9.10. The van der Waals surface area contributed by atoms with Gasteiger partial charge in [0.2, 0.25) is 0 Å². The maximum Gasteiger partial charge on any atom is 0.253 e. The van der Waals surface area contributed by atoms with E-state index in [0.717, 1.165) is 4.47 Å². The summed E-state index contributed by atoms with van der Waals surface area (Å²) >= 11 is 3.38. The molecule has 1 heterocycles. The maximum absolute atomic E-state index is 12.5. The molecule has 0 aliphatic carbocycles. The third-order valence-electron chi connectivity index (χ3n) is 3.71. The van der Waals surface area contributed by atoms with Crippen LogP contribution in [0.2, 0.25) is 0 Å². The molecule has 0 saturated carbocycles. The molecule has 0 radical (unpaired) electrons. The van der Waals surface area contributed by atoms with Gasteiger partial charge in [0, 0.05) is 24.6 Å². The van der Waals surface area contributed by atoms with Crippen molar-refractivity contribution in [3.05, 3.63) is 28.2 Å². The molecule has 21 heavy (non-hydrogen) atoms. The lowest BCUT2D eigenvalue weighted by atomic mass is 9.95. The third kappa shape index (κ3) is 3.47. The zero-order valence-electron chi connectivity index (χ0n) is 11.8. The van der Waals surface area contributed by atoms with E-state index in [-0.39, 0.29) is 17.7 Å². The van der Waals surface area contributed by atoms with Crippen molar-refractivity contribution in [2.45, 2.75) is 12.8 Å². The quantitative estimate of drug-likeness (QED) is 0.376. The summed E-state index contributed by atoms with van der Waals surface area (Å²) in [5.74, 6) is 0.962. The Bertz CT molecular complexity index is 554. The molecule has 1 amide bonds. The van der Waals surface area contributed by atoms with Gasteiger partial charge in [0.1, 0.15) is 11.6 Å².